The van der Waals surface area contributed by atoms with Gasteiger partial charge in [0.05, 0.1) is 26.5 Å². The van der Waals surface area contributed by atoms with Crippen LogP contribution in [0.5, 0.6) is 11.9 Å². The summed E-state index contributed by atoms with van der Waals surface area (Å²) in [5, 5.41) is 3.62. The number of nitrogens with one attached hydrogen (secondary N) is 1. The van der Waals surface area contributed by atoms with E-state index in [2.05, 4.69) is 82.8 Å². The number of anilines is 1. The molecule has 3 unspecified atom stereocenters. The Morgan fingerprint density at radius 3 is 2.57 bits per heavy atom. The summed E-state index contributed by atoms with van der Waals surface area (Å²) in [7, 11) is 5.53. The summed E-state index contributed by atoms with van der Waals surface area (Å²) in [4.78, 5) is 21.5. The van der Waals surface area contributed by atoms with Gasteiger partial charge in [-0.05, 0) is 76.2 Å². The molecule has 2 aromatic heterocycles. The Labute approximate surface area is 317 Å². The molecule has 4 aliphatic rings. The molecule has 53 heavy (non-hydrogen) atoms. The number of methoxy groups -OCH3 is 2. The number of rotatable bonds is 9. The minimum Gasteiger partial charge on any atom is -0.481 e. The Hall–Kier alpha value is -4.02. The SMILES string of the molecule is C=C(C)CC.CCCc1ccccc1C1Cc2nc(OC)nc(N3CCCN/C(=C\Cc4cccc(OC)n4)C3)c2CN1C.FC1CC2CCCN2C1. The minimum atomic E-state index is -0.518. The third-order valence-corrected chi connectivity index (χ3v) is 10.7. The van der Waals surface area contributed by atoms with Gasteiger partial charge in [-0.15, -0.1) is 6.58 Å². The third-order valence-electron chi connectivity index (χ3n) is 10.7. The van der Waals surface area contributed by atoms with E-state index in [0.717, 1.165) is 94.9 Å². The number of aryl methyl sites for hydroxylation is 1. The molecule has 3 aromatic rings. The number of hydrogen-bond donors (Lipinski definition) is 1. The van der Waals surface area contributed by atoms with Crippen molar-refractivity contribution in [2.45, 2.75) is 103 Å². The van der Waals surface area contributed by atoms with Crippen LogP contribution in [0.1, 0.15) is 93.4 Å². The molecule has 4 aliphatic heterocycles. The van der Waals surface area contributed by atoms with Gasteiger partial charge in [0.2, 0.25) is 5.88 Å². The quantitative estimate of drug-likeness (QED) is 0.224. The number of nitrogens with zero attached hydrogens (tertiary/aromatic N) is 6. The average molecular weight is 728 g/mol. The lowest BCUT2D eigenvalue weighted by Gasteiger charge is -2.37. The summed E-state index contributed by atoms with van der Waals surface area (Å²) in [6, 6.07) is 16.1. The average Bonchev–Trinajstić information content (AvgIpc) is 3.67. The number of ether oxygens (including phenoxy) is 2. The number of halogens is 1. The zero-order chi connectivity index (χ0) is 37.7. The van der Waals surface area contributed by atoms with Crippen LogP contribution >= 0.6 is 0 Å². The third kappa shape index (κ3) is 11.0. The predicted molar refractivity (Wildman–Crippen MR) is 214 cm³/mol. The molecule has 3 saturated heterocycles. The Kier molecular flexibility index (Phi) is 15.1. The smallest absolute Gasteiger partial charge is 0.318 e. The summed E-state index contributed by atoms with van der Waals surface area (Å²) in [5.74, 6) is 1.62. The highest BCUT2D eigenvalue weighted by Gasteiger charge is 2.35. The van der Waals surface area contributed by atoms with Crippen LogP contribution in [0, 0.1) is 0 Å². The number of benzene rings is 1. The molecule has 1 aromatic carbocycles. The number of hydrogen-bond acceptors (Lipinski definition) is 9. The van der Waals surface area contributed by atoms with Gasteiger partial charge in [-0.2, -0.15) is 9.97 Å². The molecule has 9 nitrogen and oxygen atoms in total. The van der Waals surface area contributed by atoms with Crippen molar-refractivity contribution < 1.29 is 13.9 Å². The van der Waals surface area contributed by atoms with Gasteiger partial charge in [0.15, 0.2) is 0 Å². The molecular weight excluding hydrogens is 666 g/mol. The molecule has 3 atom stereocenters. The molecule has 0 amide bonds. The minimum absolute atomic E-state index is 0.282. The van der Waals surface area contributed by atoms with Gasteiger partial charge in [-0.3, -0.25) is 9.80 Å². The van der Waals surface area contributed by atoms with Gasteiger partial charge < -0.3 is 19.7 Å². The van der Waals surface area contributed by atoms with E-state index in [4.69, 9.17) is 19.4 Å². The molecule has 0 spiro atoms. The summed E-state index contributed by atoms with van der Waals surface area (Å²) in [6.07, 6.45) is 11.0. The topological polar surface area (TPSA) is 78.9 Å². The largest absolute Gasteiger partial charge is 0.481 e. The lowest BCUT2D eigenvalue weighted by molar-refractivity contribution is 0.212. The first-order valence-electron chi connectivity index (χ1n) is 19.6. The first kappa shape index (κ1) is 40.2. The Morgan fingerprint density at radius 2 is 1.83 bits per heavy atom. The molecular formula is C43H62FN7O2. The lowest BCUT2D eigenvalue weighted by atomic mass is 9.89. The fraction of sp³-hybridized carbons (Fsp3) is 0.558. The van der Waals surface area contributed by atoms with Crippen LogP contribution in [-0.4, -0.2) is 91.0 Å². The van der Waals surface area contributed by atoms with Gasteiger partial charge in [0.25, 0.3) is 0 Å². The highest BCUT2D eigenvalue weighted by Crippen LogP contribution is 2.38. The standard InChI is InChI=1S/C31H40N6O2.C7H12FN.C5H10/c1-5-10-22-11-6-7-13-25(22)28-19-27-26(21-36(28)2)30(35-31(34-27)39-4)37-18-9-17-32-24(20-37)16-15-23-12-8-14-29(33-23)38-3;8-6-4-7-2-1-3-9(7)5-6;1-4-5(2)3/h6-8,11-14,16,28,32H,5,9-10,15,17-21H2,1-4H3;6-7H,1-5H2;2,4H2,1,3H3/b24-16-;;. The van der Waals surface area contributed by atoms with Crippen LogP contribution in [0.25, 0.3) is 0 Å². The maximum atomic E-state index is 12.6. The molecule has 3 fully saturated rings. The fourth-order valence-electron chi connectivity index (χ4n) is 7.70. The van der Waals surface area contributed by atoms with Crippen molar-refractivity contribution in [3.8, 4) is 11.9 Å². The van der Waals surface area contributed by atoms with E-state index in [-0.39, 0.29) is 6.04 Å². The molecule has 0 radical (unpaired) electrons. The highest BCUT2D eigenvalue weighted by molar-refractivity contribution is 5.53. The molecule has 10 heteroatoms. The Morgan fingerprint density at radius 1 is 1.02 bits per heavy atom. The van der Waals surface area contributed by atoms with E-state index in [9.17, 15) is 4.39 Å². The number of alkyl halides is 1. The van der Waals surface area contributed by atoms with Crippen molar-refractivity contribution in [3.63, 3.8) is 0 Å². The zero-order valence-electron chi connectivity index (χ0n) is 33.0. The van der Waals surface area contributed by atoms with Crippen LogP contribution in [0.15, 0.2) is 66.4 Å². The predicted octanol–water partition coefficient (Wildman–Crippen LogP) is 7.66. The van der Waals surface area contributed by atoms with Crippen molar-refractivity contribution in [1.29, 1.82) is 0 Å². The molecule has 288 valence electrons. The summed E-state index contributed by atoms with van der Waals surface area (Å²) < 4.78 is 23.5. The van der Waals surface area contributed by atoms with E-state index in [1.54, 1.807) is 14.2 Å². The van der Waals surface area contributed by atoms with E-state index >= 15 is 0 Å². The van der Waals surface area contributed by atoms with Gasteiger partial charge in [-0.25, -0.2) is 9.37 Å². The van der Waals surface area contributed by atoms with Crippen molar-refractivity contribution in [1.82, 2.24) is 30.1 Å². The fourth-order valence-corrected chi connectivity index (χ4v) is 7.70. The van der Waals surface area contributed by atoms with Crippen molar-refractivity contribution in [2.24, 2.45) is 0 Å². The van der Waals surface area contributed by atoms with Crippen molar-refractivity contribution in [2.75, 3.05) is 58.9 Å². The van der Waals surface area contributed by atoms with Crippen LogP contribution in [0.3, 0.4) is 0 Å². The van der Waals surface area contributed by atoms with Crippen LogP contribution in [0.4, 0.5) is 10.2 Å². The Bertz CT molecular complexity index is 1650. The molecule has 0 aliphatic carbocycles. The number of aromatic nitrogens is 3. The van der Waals surface area contributed by atoms with Crippen molar-refractivity contribution in [3.05, 3.63) is 94.5 Å². The number of allylic oxidation sites excluding steroid dienone is 2. The van der Waals surface area contributed by atoms with E-state index in [0.29, 0.717) is 24.5 Å². The van der Waals surface area contributed by atoms with Gasteiger partial charge in [0.1, 0.15) is 12.0 Å². The first-order chi connectivity index (χ1) is 25.7. The van der Waals surface area contributed by atoms with Gasteiger partial charge >= 0.3 is 6.01 Å². The van der Waals surface area contributed by atoms with E-state index < -0.39 is 6.17 Å². The molecule has 0 bridgehead atoms. The number of likely N-dealkylation sites (N-methyl/N-ethyl adjacent to an activating group) is 1. The second kappa shape index (κ2) is 19.9. The maximum Gasteiger partial charge on any atom is 0.318 e. The van der Waals surface area contributed by atoms with Crippen LogP contribution in [0.2, 0.25) is 0 Å². The van der Waals surface area contributed by atoms with E-state index in [1.165, 1.54) is 40.8 Å². The number of pyridine rings is 1. The van der Waals surface area contributed by atoms with Gasteiger partial charge in [-0.1, -0.05) is 62.2 Å². The first-order valence-corrected chi connectivity index (χ1v) is 19.6. The van der Waals surface area contributed by atoms with Gasteiger partial charge in [0, 0.05) is 74.1 Å². The maximum absolute atomic E-state index is 12.6. The number of fused-ring (bicyclic) bond motifs is 2. The molecule has 6 heterocycles. The summed E-state index contributed by atoms with van der Waals surface area (Å²) in [5.41, 5.74) is 8.55. The second-order valence-electron chi connectivity index (χ2n) is 14.8. The zero-order valence-corrected chi connectivity index (χ0v) is 33.0. The lowest BCUT2D eigenvalue weighted by Crippen LogP contribution is -2.36. The Balaban J connectivity index is 0.000000321. The highest BCUT2D eigenvalue weighted by atomic mass is 19.1. The monoisotopic (exact) mass is 727 g/mol. The summed E-state index contributed by atoms with van der Waals surface area (Å²) in [6.45, 7) is 15.3. The molecule has 1 N–H and O–H groups in total. The van der Waals surface area contributed by atoms with E-state index in [1.807, 2.05) is 25.1 Å². The molecule has 7 rings (SSSR count). The summed E-state index contributed by atoms with van der Waals surface area (Å²) >= 11 is 0. The van der Waals surface area contributed by atoms with Crippen LogP contribution < -0.4 is 19.7 Å². The normalized spacial score (nSPS) is 22.0. The second-order valence-corrected chi connectivity index (χ2v) is 14.8. The van der Waals surface area contributed by atoms with Crippen LogP contribution in [-0.2, 0) is 25.8 Å². The van der Waals surface area contributed by atoms with Crippen molar-refractivity contribution >= 4 is 5.82 Å². The molecule has 0 saturated carbocycles.